The van der Waals surface area contributed by atoms with Crippen molar-refractivity contribution >= 4 is 17.7 Å². The summed E-state index contributed by atoms with van der Waals surface area (Å²) in [6.45, 7) is 1.92. The van der Waals surface area contributed by atoms with Gasteiger partial charge in [-0.15, -0.1) is 11.8 Å². The lowest BCUT2D eigenvalue weighted by atomic mass is 10.1. The minimum Gasteiger partial charge on any atom is -0.473 e. The van der Waals surface area contributed by atoms with E-state index in [1.807, 2.05) is 25.3 Å². The first kappa shape index (κ1) is 14.1. The highest BCUT2D eigenvalue weighted by Crippen LogP contribution is 2.24. The Bertz CT molecular complexity index is 362. The summed E-state index contributed by atoms with van der Waals surface area (Å²) in [5.41, 5.74) is 1.07. The molecular formula is C13H19NO2S. The number of benzene rings is 1. The Kier molecular flexibility index (Phi) is 6.08. The highest BCUT2D eigenvalue weighted by Gasteiger charge is 2.13. The number of aliphatic hydroxyl groups excluding tert-OH is 1. The van der Waals surface area contributed by atoms with Crippen molar-refractivity contribution in [1.82, 2.24) is 0 Å². The van der Waals surface area contributed by atoms with Crippen molar-refractivity contribution < 1.29 is 9.84 Å². The third-order valence-corrected chi connectivity index (χ3v) is 3.25. The van der Waals surface area contributed by atoms with E-state index in [9.17, 15) is 0 Å². The normalized spacial score (nSPS) is 13.5. The first-order chi connectivity index (χ1) is 8.21. The van der Waals surface area contributed by atoms with Gasteiger partial charge in [0.15, 0.2) is 5.90 Å². The van der Waals surface area contributed by atoms with Crippen molar-refractivity contribution in [2.45, 2.75) is 24.3 Å². The van der Waals surface area contributed by atoms with Crippen LogP contribution in [-0.2, 0) is 4.74 Å². The molecule has 0 radical (unpaired) electrons. The smallest absolute Gasteiger partial charge is 0.180 e. The van der Waals surface area contributed by atoms with E-state index in [0.717, 1.165) is 5.56 Å². The molecule has 3 nitrogen and oxygen atoms in total. The second-order valence-corrected chi connectivity index (χ2v) is 4.51. The standard InChI is InChI=1S/C13H19NO2S/c1-10(14-2)16-13(8-9-15)11-4-6-12(17-3)7-5-11/h4-7,13,15H,8-9H2,1-3H3/t13-/m1/s1. The maximum Gasteiger partial charge on any atom is 0.180 e. The summed E-state index contributed by atoms with van der Waals surface area (Å²) in [5, 5.41) is 9.06. The number of ether oxygens (including phenoxy) is 1. The molecule has 0 aliphatic carbocycles. The summed E-state index contributed by atoms with van der Waals surface area (Å²) in [5.74, 6) is 0.636. The van der Waals surface area contributed by atoms with Crippen LogP contribution in [0.15, 0.2) is 34.2 Å². The van der Waals surface area contributed by atoms with Crippen molar-refractivity contribution in [3.05, 3.63) is 29.8 Å². The molecule has 0 saturated heterocycles. The Morgan fingerprint density at radius 2 is 2.06 bits per heavy atom. The van der Waals surface area contributed by atoms with Gasteiger partial charge in [0, 0.05) is 31.9 Å². The number of rotatable bonds is 5. The van der Waals surface area contributed by atoms with E-state index in [1.54, 1.807) is 18.8 Å². The fraction of sp³-hybridized carbons (Fsp3) is 0.462. The second kappa shape index (κ2) is 7.35. The lowest BCUT2D eigenvalue weighted by molar-refractivity contribution is 0.144. The fourth-order valence-electron chi connectivity index (χ4n) is 1.49. The zero-order chi connectivity index (χ0) is 12.7. The fourth-order valence-corrected chi connectivity index (χ4v) is 1.90. The van der Waals surface area contributed by atoms with Crippen LogP contribution < -0.4 is 0 Å². The van der Waals surface area contributed by atoms with Crippen LogP contribution in [0.5, 0.6) is 0 Å². The average Bonchev–Trinajstić information content (AvgIpc) is 2.38. The van der Waals surface area contributed by atoms with Crippen molar-refractivity contribution in [2.24, 2.45) is 4.99 Å². The molecule has 1 aromatic carbocycles. The third kappa shape index (κ3) is 4.40. The minimum absolute atomic E-state index is 0.103. The van der Waals surface area contributed by atoms with Gasteiger partial charge in [0.1, 0.15) is 6.10 Å². The van der Waals surface area contributed by atoms with Crippen LogP contribution in [0.4, 0.5) is 0 Å². The number of aliphatic imine (C=N–C) groups is 1. The van der Waals surface area contributed by atoms with Gasteiger partial charge in [-0.25, -0.2) is 0 Å². The second-order valence-electron chi connectivity index (χ2n) is 3.63. The summed E-state index contributed by atoms with van der Waals surface area (Å²) >= 11 is 1.71. The molecule has 94 valence electrons. The zero-order valence-corrected chi connectivity index (χ0v) is 11.3. The molecule has 0 aromatic heterocycles. The molecule has 1 N–H and O–H groups in total. The largest absolute Gasteiger partial charge is 0.473 e. The highest BCUT2D eigenvalue weighted by molar-refractivity contribution is 7.98. The molecule has 0 aliphatic rings. The van der Waals surface area contributed by atoms with Gasteiger partial charge >= 0.3 is 0 Å². The van der Waals surface area contributed by atoms with E-state index in [1.165, 1.54) is 4.90 Å². The lowest BCUT2D eigenvalue weighted by Gasteiger charge is -2.18. The summed E-state index contributed by atoms with van der Waals surface area (Å²) in [6.07, 6.45) is 2.50. The predicted molar refractivity (Wildman–Crippen MR) is 72.8 cm³/mol. The number of thioether (sulfide) groups is 1. The van der Waals surface area contributed by atoms with Gasteiger partial charge in [0.25, 0.3) is 0 Å². The Morgan fingerprint density at radius 1 is 1.41 bits per heavy atom. The van der Waals surface area contributed by atoms with E-state index < -0.39 is 0 Å². The zero-order valence-electron chi connectivity index (χ0n) is 10.5. The maximum absolute atomic E-state index is 9.06. The van der Waals surface area contributed by atoms with E-state index in [-0.39, 0.29) is 12.7 Å². The average molecular weight is 253 g/mol. The minimum atomic E-state index is -0.125. The van der Waals surface area contributed by atoms with E-state index >= 15 is 0 Å². The van der Waals surface area contributed by atoms with Gasteiger partial charge in [-0.05, 0) is 24.0 Å². The molecule has 0 bridgehead atoms. The summed E-state index contributed by atoms with van der Waals surface area (Å²) in [4.78, 5) is 5.20. The Morgan fingerprint density at radius 3 is 2.53 bits per heavy atom. The monoisotopic (exact) mass is 253 g/mol. The molecule has 0 fully saturated rings. The van der Waals surface area contributed by atoms with E-state index in [4.69, 9.17) is 9.84 Å². The van der Waals surface area contributed by atoms with E-state index in [2.05, 4.69) is 17.1 Å². The number of aliphatic hydroxyl groups is 1. The number of hydrogen-bond donors (Lipinski definition) is 1. The molecule has 4 heteroatoms. The first-order valence-corrected chi connectivity index (χ1v) is 6.78. The van der Waals surface area contributed by atoms with Crippen LogP contribution in [0, 0.1) is 0 Å². The van der Waals surface area contributed by atoms with Crippen molar-refractivity contribution in [3.63, 3.8) is 0 Å². The number of hydrogen-bond acceptors (Lipinski definition) is 4. The molecule has 1 atom stereocenters. The number of nitrogens with zero attached hydrogens (tertiary/aromatic N) is 1. The molecule has 0 aliphatic heterocycles. The summed E-state index contributed by atoms with van der Waals surface area (Å²) < 4.78 is 5.68. The van der Waals surface area contributed by atoms with Crippen LogP contribution in [-0.4, -0.2) is 30.9 Å². The Balaban J connectivity index is 2.81. The Hall–Kier alpha value is -1.00. The molecule has 0 spiro atoms. The van der Waals surface area contributed by atoms with Gasteiger partial charge in [-0.3, -0.25) is 4.99 Å². The van der Waals surface area contributed by atoms with Crippen molar-refractivity contribution in [2.75, 3.05) is 19.9 Å². The van der Waals surface area contributed by atoms with E-state index in [0.29, 0.717) is 12.3 Å². The molecule has 1 rings (SSSR count). The van der Waals surface area contributed by atoms with Crippen LogP contribution in [0.25, 0.3) is 0 Å². The van der Waals surface area contributed by atoms with Crippen LogP contribution in [0.1, 0.15) is 25.0 Å². The van der Waals surface area contributed by atoms with Gasteiger partial charge in [0.2, 0.25) is 0 Å². The van der Waals surface area contributed by atoms with Crippen molar-refractivity contribution in [3.8, 4) is 0 Å². The lowest BCUT2D eigenvalue weighted by Crippen LogP contribution is -2.10. The first-order valence-electron chi connectivity index (χ1n) is 5.56. The van der Waals surface area contributed by atoms with Crippen LogP contribution in [0.2, 0.25) is 0 Å². The van der Waals surface area contributed by atoms with Gasteiger partial charge in [-0.2, -0.15) is 0 Å². The molecule has 17 heavy (non-hydrogen) atoms. The highest BCUT2D eigenvalue weighted by atomic mass is 32.2. The molecule has 0 heterocycles. The molecule has 1 aromatic rings. The maximum atomic E-state index is 9.06. The van der Waals surface area contributed by atoms with Crippen molar-refractivity contribution in [1.29, 1.82) is 0 Å². The summed E-state index contributed by atoms with van der Waals surface area (Å²) in [7, 11) is 1.70. The molecule has 0 amide bonds. The van der Waals surface area contributed by atoms with Gasteiger partial charge < -0.3 is 9.84 Å². The predicted octanol–water partition coefficient (Wildman–Crippen LogP) is 2.90. The topological polar surface area (TPSA) is 41.8 Å². The quantitative estimate of drug-likeness (QED) is 0.498. The molecule has 0 unspecified atom stereocenters. The van der Waals surface area contributed by atoms with Gasteiger partial charge in [-0.1, -0.05) is 12.1 Å². The Labute approximate surface area is 107 Å². The SMILES string of the molecule is CN=C(C)O[C@H](CCO)c1ccc(SC)cc1. The molecular weight excluding hydrogens is 234 g/mol. The van der Waals surface area contributed by atoms with Gasteiger partial charge in [0.05, 0.1) is 0 Å². The van der Waals surface area contributed by atoms with Crippen LogP contribution in [0.3, 0.4) is 0 Å². The summed E-state index contributed by atoms with van der Waals surface area (Å²) in [6, 6.07) is 8.20. The van der Waals surface area contributed by atoms with Crippen LogP contribution >= 0.6 is 11.8 Å². The third-order valence-electron chi connectivity index (χ3n) is 2.51. The molecule has 0 saturated carbocycles.